The summed E-state index contributed by atoms with van der Waals surface area (Å²) in [6, 6.07) is 0. The zero-order valence-corrected chi connectivity index (χ0v) is 10.7. The third-order valence-corrected chi connectivity index (χ3v) is 10.2. The first-order chi connectivity index (χ1) is 5.59. The van der Waals surface area contributed by atoms with Crippen LogP contribution in [0.4, 0.5) is 0 Å². The first-order valence-electron chi connectivity index (χ1n) is 4.49. The van der Waals surface area contributed by atoms with Gasteiger partial charge in [0.25, 0.3) is 0 Å². The van der Waals surface area contributed by atoms with Gasteiger partial charge in [-0.05, 0) is 11.1 Å². The minimum atomic E-state index is -3.42. The second-order valence-corrected chi connectivity index (χ2v) is 11.5. The minimum absolute atomic E-state index is 0.185. The molecule has 0 bridgehead atoms. The van der Waals surface area contributed by atoms with E-state index in [0.29, 0.717) is 0 Å². The predicted molar refractivity (Wildman–Crippen MR) is 55.4 cm³/mol. The van der Waals surface area contributed by atoms with Crippen LogP contribution >= 0.6 is 0 Å². The fraction of sp³-hybridized carbons (Fsp3) is 1.00. The maximum Gasteiger partial charge on any atom is 0.337 e. The summed E-state index contributed by atoms with van der Waals surface area (Å²) in [5.74, 6) is 0. The SMILES string of the molecule is CC(C)[Si](O)(O)C[Si](O)(O)C(C)C. The van der Waals surface area contributed by atoms with Crippen molar-refractivity contribution in [3.63, 3.8) is 0 Å². The van der Waals surface area contributed by atoms with Crippen LogP contribution in [0.5, 0.6) is 0 Å². The zero-order valence-electron chi connectivity index (χ0n) is 8.65. The van der Waals surface area contributed by atoms with Crippen LogP contribution in [0.25, 0.3) is 0 Å². The summed E-state index contributed by atoms with van der Waals surface area (Å²) >= 11 is 0. The van der Waals surface area contributed by atoms with Gasteiger partial charge in [-0.25, -0.2) is 0 Å². The van der Waals surface area contributed by atoms with Crippen LogP contribution in [0.1, 0.15) is 27.7 Å². The van der Waals surface area contributed by atoms with Gasteiger partial charge in [0.2, 0.25) is 0 Å². The highest BCUT2D eigenvalue weighted by Crippen LogP contribution is 2.28. The monoisotopic (exact) mass is 224 g/mol. The summed E-state index contributed by atoms with van der Waals surface area (Å²) < 4.78 is 0. The Morgan fingerprint density at radius 1 is 0.769 bits per heavy atom. The molecule has 0 saturated heterocycles. The van der Waals surface area contributed by atoms with E-state index in [4.69, 9.17) is 0 Å². The Balaban J connectivity index is 4.42. The van der Waals surface area contributed by atoms with E-state index in [0.717, 1.165) is 0 Å². The third kappa shape index (κ3) is 3.88. The van der Waals surface area contributed by atoms with Gasteiger partial charge < -0.3 is 19.2 Å². The first-order valence-corrected chi connectivity index (χ1v) is 8.85. The molecule has 0 saturated carbocycles. The average Bonchev–Trinajstić information content (AvgIpc) is 1.83. The van der Waals surface area contributed by atoms with Crippen molar-refractivity contribution in [2.24, 2.45) is 0 Å². The van der Waals surface area contributed by atoms with E-state index in [9.17, 15) is 19.2 Å². The van der Waals surface area contributed by atoms with Crippen molar-refractivity contribution in [3.8, 4) is 0 Å². The fourth-order valence-corrected chi connectivity index (χ4v) is 7.12. The largest absolute Gasteiger partial charge is 0.411 e. The molecule has 80 valence electrons. The van der Waals surface area contributed by atoms with E-state index in [2.05, 4.69) is 0 Å². The van der Waals surface area contributed by atoms with Crippen molar-refractivity contribution in [1.82, 2.24) is 0 Å². The van der Waals surface area contributed by atoms with Crippen LogP contribution in [-0.2, 0) is 0 Å². The molecule has 0 heterocycles. The maximum atomic E-state index is 9.59. The quantitative estimate of drug-likeness (QED) is 0.514. The highest BCUT2D eigenvalue weighted by Gasteiger charge is 2.47. The van der Waals surface area contributed by atoms with Crippen LogP contribution in [0, 0.1) is 0 Å². The molecule has 0 aromatic carbocycles. The Labute approximate surface area is 81.4 Å². The van der Waals surface area contributed by atoms with Crippen molar-refractivity contribution >= 4 is 17.1 Å². The summed E-state index contributed by atoms with van der Waals surface area (Å²) in [6.07, 6.45) is 0. The van der Waals surface area contributed by atoms with E-state index < -0.39 is 17.1 Å². The lowest BCUT2D eigenvalue weighted by atomic mass is 10.6. The summed E-state index contributed by atoms with van der Waals surface area (Å²) in [7, 11) is -6.83. The first kappa shape index (κ1) is 13.3. The van der Waals surface area contributed by atoms with Crippen LogP contribution in [-0.4, -0.2) is 36.3 Å². The van der Waals surface area contributed by atoms with Crippen LogP contribution < -0.4 is 0 Å². The highest BCUT2D eigenvalue weighted by molar-refractivity contribution is 6.84. The molecule has 4 nitrogen and oxygen atoms in total. The molecule has 0 spiro atoms. The van der Waals surface area contributed by atoms with E-state index in [-0.39, 0.29) is 16.7 Å². The lowest BCUT2D eigenvalue weighted by Crippen LogP contribution is -2.51. The van der Waals surface area contributed by atoms with Crippen LogP contribution in [0.15, 0.2) is 0 Å². The highest BCUT2D eigenvalue weighted by atomic mass is 28.4. The van der Waals surface area contributed by atoms with Crippen molar-refractivity contribution in [2.45, 2.75) is 44.4 Å². The Bertz CT molecular complexity index is 150. The molecule has 4 N–H and O–H groups in total. The molecule has 0 unspecified atom stereocenters. The molecule has 0 aromatic heterocycles. The van der Waals surface area contributed by atoms with Crippen LogP contribution in [0.3, 0.4) is 0 Å². The van der Waals surface area contributed by atoms with Gasteiger partial charge in [-0.2, -0.15) is 0 Å². The van der Waals surface area contributed by atoms with Gasteiger partial charge in [0, 0.05) is 5.67 Å². The standard InChI is InChI=1S/C7H20O4Si2/c1-6(2)12(8,9)5-13(10,11)7(3)4/h6-11H,5H2,1-4H3. The predicted octanol–water partition coefficient (Wildman–Crippen LogP) is 0.199. The van der Waals surface area contributed by atoms with Gasteiger partial charge >= 0.3 is 17.1 Å². The molecule has 13 heavy (non-hydrogen) atoms. The molecule has 6 heteroatoms. The minimum Gasteiger partial charge on any atom is -0.411 e. The molecule has 0 radical (unpaired) electrons. The van der Waals surface area contributed by atoms with Crippen molar-refractivity contribution < 1.29 is 19.2 Å². The fourth-order valence-electron chi connectivity index (χ4n) is 0.791. The van der Waals surface area contributed by atoms with Gasteiger partial charge in [0.1, 0.15) is 0 Å². The van der Waals surface area contributed by atoms with Crippen molar-refractivity contribution in [2.75, 3.05) is 0 Å². The summed E-state index contributed by atoms with van der Waals surface area (Å²) in [5.41, 5.74) is -0.718. The zero-order chi connectivity index (χ0) is 10.9. The number of rotatable bonds is 4. The van der Waals surface area contributed by atoms with E-state index in [1.807, 2.05) is 0 Å². The lowest BCUT2D eigenvalue weighted by molar-refractivity contribution is 0.316. The van der Waals surface area contributed by atoms with E-state index in [1.165, 1.54) is 0 Å². The van der Waals surface area contributed by atoms with Gasteiger partial charge in [-0.15, -0.1) is 0 Å². The molecule has 0 fully saturated rings. The third-order valence-electron chi connectivity index (χ3n) is 2.37. The van der Waals surface area contributed by atoms with E-state index >= 15 is 0 Å². The normalized spacial score (nSPS) is 14.3. The Kier molecular flexibility index (Phi) is 4.29. The maximum absolute atomic E-state index is 9.59. The Morgan fingerprint density at radius 3 is 1.15 bits per heavy atom. The molecule has 0 atom stereocenters. The van der Waals surface area contributed by atoms with Crippen LogP contribution in [0.2, 0.25) is 16.7 Å². The summed E-state index contributed by atoms with van der Waals surface area (Å²) in [4.78, 5) is 38.3. The Morgan fingerprint density at radius 2 is 1.00 bits per heavy atom. The van der Waals surface area contributed by atoms with Gasteiger partial charge in [-0.3, -0.25) is 0 Å². The van der Waals surface area contributed by atoms with Gasteiger partial charge in [-0.1, -0.05) is 27.7 Å². The number of hydrogen-bond acceptors (Lipinski definition) is 4. The molecule has 0 aromatic rings. The topological polar surface area (TPSA) is 80.9 Å². The van der Waals surface area contributed by atoms with Gasteiger partial charge in [0.15, 0.2) is 0 Å². The second kappa shape index (κ2) is 4.20. The molecule has 0 aliphatic heterocycles. The van der Waals surface area contributed by atoms with Crippen molar-refractivity contribution in [1.29, 1.82) is 0 Å². The number of hydrogen-bond donors (Lipinski definition) is 4. The molecule has 0 aliphatic carbocycles. The molecular formula is C7H20O4Si2. The second-order valence-electron chi connectivity index (χ2n) is 4.24. The lowest BCUT2D eigenvalue weighted by Gasteiger charge is -2.29. The molecule has 0 aliphatic rings. The molecular weight excluding hydrogens is 204 g/mol. The molecule has 0 rings (SSSR count). The average molecular weight is 224 g/mol. The summed E-state index contributed by atoms with van der Waals surface area (Å²) in [5, 5.41) is 0. The van der Waals surface area contributed by atoms with Crippen molar-refractivity contribution in [3.05, 3.63) is 0 Å². The van der Waals surface area contributed by atoms with Gasteiger partial charge in [0.05, 0.1) is 0 Å². The smallest absolute Gasteiger partial charge is 0.337 e. The summed E-state index contributed by atoms with van der Waals surface area (Å²) in [6.45, 7) is 6.77. The molecule has 0 amide bonds. The van der Waals surface area contributed by atoms with E-state index in [1.54, 1.807) is 27.7 Å². The Hall–Kier alpha value is 0.274.